The van der Waals surface area contributed by atoms with Crippen LogP contribution < -0.4 is 0 Å². The molecule has 1 saturated heterocycles. The predicted octanol–water partition coefficient (Wildman–Crippen LogP) is 5.56. The number of hydrogen-bond acceptors (Lipinski definition) is 3. The summed E-state index contributed by atoms with van der Waals surface area (Å²) in [7, 11) is 0. The number of nitrogens with zero attached hydrogens (tertiary/aromatic N) is 1. The van der Waals surface area contributed by atoms with E-state index in [2.05, 4.69) is 54.3 Å². The number of rotatable bonds is 9. The lowest BCUT2D eigenvalue weighted by Crippen LogP contribution is -2.35. The molecule has 0 unspecified atom stereocenters. The Balaban J connectivity index is 1.17. The molecule has 2 fully saturated rings. The van der Waals surface area contributed by atoms with Gasteiger partial charge >= 0.3 is 0 Å². The summed E-state index contributed by atoms with van der Waals surface area (Å²) in [6.07, 6.45) is 15.2. The quantitative estimate of drug-likeness (QED) is 0.393. The molecule has 1 saturated carbocycles. The SMILES string of the molecule is Cc1cccc(CCC=C[C@@H]2[C@H]3CC(CSCCC(=O)N4CCCCC4)=C[C@H]3C[C@H]2O)c1. The molecule has 1 aromatic rings. The van der Waals surface area contributed by atoms with Crippen LogP contribution in [0.4, 0.5) is 0 Å². The van der Waals surface area contributed by atoms with Crippen LogP contribution in [0, 0.1) is 24.7 Å². The van der Waals surface area contributed by atoms with Crippen LogP contribution in [0.3, 0.4) is 0 Å². The number of fused-ring (bicyclic) bond motifs is 1. The number of allylic oxidation sites excluding steroid dienone is 2. The summed E-state index contributed by atoms with van der Waals surface area (Å²) >= 11 is 1.91. The van der Waals surface area contributed by atoms with E-state index < -0.39 is 0 Å². The molecule has 0 radical (unpaired) electrons. The second-order valence-electron chi connectivity index (χ2n) is 9.94. The molecule has 2 aliphatic carbocycles. The van der Waals surface area contributed by atoms with Crippen molar-refractivity contribution in [2.45, 2.75) is 64.4 Å². The zero-order chi connectivity index (χ0) is 22.3. The van der Waals surface area contributed by atoms with E-state index in [0.717, 1.165) is 50.3 Å². The Kier molecular flexibility index (Phi) is 8.54. The average Bonchev–Trinajstić information content (AvgIpc) is 3.31. The highest BCUT2D eigenvalue weighted by Crippen LogP contribution is 2.47. The van der Waals surface area contributed by atoms with Gasteiger partial charge in [-0.25, -0.2) is 0 Å². The maximum atomic E-state index is 12.3. The molecule has 4 rings (SSSR count). The van der Waals surface area contributed by atoms with Crippen molar-refractivity contribution in [1.82, 2.24) is 4.90 Å². The van der Waals surface area contributed by atoms with Crippen LogP contribution in [-0.2, 0) is 11.2 Å². The van der Waals surface area contributed by atoms with Gasteiger partial charge in [0.1, 0.15) is 0 Å². The standard InChI is InChI=1S/C28H39NO2S/c1-21-8-7-10-22(16-21)9-3-4-11-25-26-18-23(17-24(26)19-27(25)30)20-32-15-12-28(31)29-13-5-2-6-14-29/h4,7-8,10-11,16-17,24-27,30H,2-3,5-6,9,12-15,18-20H2,1H3/t24-,25+,26-,27+/m0/s1. The first-order valence-electron chi connectivity index (χ1n) is 12.6. The van der Waals surface area contributed by atoms with Gasteiger partial charge in [-0.1, -0.05) is 53.6 Å². The summed E-state index contributed by atoms with van der Waals surface area (Å²) in [4.78, 5) is 14.4. The molecule has 1 heterocycles. The first-order valence-corrected chi connectivity index (χ1v) is 13.7. The smallest absolute Gasteiger partial charge is 0.223 e. The number of carbonyl (C=O) groups is 1. The first-order chi connectivity index (χ1) is 15.6. The Morgan fingerprint density at radius 1 is 1.25 bits per heavy atom. The summed E-state index contributed by atoms with van der Waals surface area (Å²) in [5.41, 5.74) is 4.24. The van der Waals surface area contributed by atoms with Gasteiger partial charge < -0.3 is 10.0 Å². The molecule has 32 heavy (non-hydrogen) atoms. The van der Waals surface area contributed by atoms with Crippen LogP contribution in [0.2, 0.25) is 0 Å². The van der Waals surface area contributed by atoms with E-state index in [1.807, 2.05) is 11.8 Å². The van der Waals surface area contributed by atoms with Gasteiger partial charge in [0, 0.05) is 36.9 Å². The number of hydrogen-bond donors (Lipinski definition) is 1. The van der Waals surface area contributed by atoms with Crippen molar-refractivity contribution in [2.24, 2.45) is 17.8 Å². The van der Waals surface area contributed by atoms with Crippen molar-refractivity contribution in [3.63, 3.8) is 0 Å². The molecule has 4 heteroatoms. The van der Waals surface area contributed by atoms with Crippen molar-refractivity contribution in [3.05, 3.63) is 59.2 Å². The minimum absolute atomic E-state index is 0.201. The molecule has 1 N–H and O–H groups in total. The van der Waals surface area contributed by atoms with E-state index in [1.165, 1.54) is 36.0 Å². The molecule has 0 bridgehead atoms. The van der Waals surface area contributed by atoms with Crippen molar-refractivity contribution in [1.29, 1.82) is 0 Å². The largest absolute Gasteiger partial charge is 0.392 e. The van der Waals surface area contributed by atoms with Crippen LogP contribution in [-0.4, -0.2) is 46.6 Å². The predicted molar refractivity (Wildman–Crippen MR) is 135 cm³/mol. The van der Waals surface area contributed by atoms with Crippen LogP contribution in [0.5, 0.6) is 0 Å². The maximum Gasteiger partial charge on any atom is 0.223 e. The Labute approximate surface area is 198 Å². The number of aliphatic hydroxyl groups excluding tert-OH is 1. The molecule has 3 nitrogen and oxygen atoms in total. The van der Waals surface area contributed by atoms with Crippen molar-refractivity contribution in [3.8, 4) is 0 Å². The van der Waals surface area contributed by atoms with Crippen LogP contribution in [0.25, 0.3) is 0 Å². The lowest BCUT2D eigenvalue weighted by Gasteiger charge is -2.26. The molecule has 0 aromatic heterocycles. The number of piperidine rings is 1. The summed E-state index contributed by atoms with van der Waals surface area (Å²) in [6.45, 7) is 4.06. The van der Waals surface area contributed by atoms with Crippen LogP contribution in [0.1, 0.15) is 56.1 Å². The highest BCUT2D eigenvalue weighted by molar-refractivity contribution is 7.99. The Hall–Kier alpha value is -1.52. The number of thioether (sulfide) groups is 1. The minimum Gasteiger partial charge on any atom is -0.392 e. The van der Waals surface area contributed by atoms with Gasteiger partial charge in [0.15, 0.2) is 0 Å². The molecule has 3 aliphatic rings. The molecular formula is C28H39NO2S. The van der Waals surface area contributed by atoms with Gasteiger partial charge in [-0.2, -0.15) is 11.8 Å². The van der Waals surface area contributed by atoms with Crippen LogP contribution in [0.15, 0.2) is 48.1 Å². The monoisotopic (exact) mass is 453 g/mol. The van der Waals surface area contributed by atoms with Crippen molar-refractivity contribution in [2.75, 3.05) is 24.6 Å². The Bertz CT molecular complexity index is 826. The van der Waals surface area contributed by atoms with Gasteiger partial charge in [-0.15, -0.1) is 0 Å². The lowest BCUT2D eigenvalue weighted by molar-refractivity contribution is -0.131. The molecule has 1 amide bonds. The highest BCUT2D eigenvalue weighted by Gasteiger charge is 2.43. The third-order valence-electron chi connectivity index (χ3n) is 7.45. The normalized spacial score (nSPS) is 27.7. The van der Waals surface area contributed by atoms with Crippen molar-refractivity contribution < 1.29 is 9.90 Å². The topological polar surface area (TPSA) is 40.5 Å². The lowest BCUT2D eigenvalue weighted by atomic mass is 9.89. The number of likely N-dealkylation sites (tertiary alicyclic amines) is 1. The maximum absolute atomic E-state index is 12.3. The summed E-state index contributed by atoms with van der Waals surface area (Å²) in [5, 5.41) is 10.6. The number of carbonyl (C=O) groups excluding carboxylic acids is 1. The van der Waals surface area contributed by atoms with Gasteiger partial charge in [0.25, 0.3) is 0 Å². The summed E-state index contributed by atoms with van der Waals surface area (Å²) in [5.74, 6) is 3.69. The highest BCUT2D eigenvalue weighted by atomic mass is 32.2. The average molecular weight is 454 g/mol. The number of aryl methyl sites for hydroxylation is 2. The molecule has 174 valence electrons. The van der Waals surface area contributed by atoms with Gasteiger partial charge in [-0.05, 0) is 69.3 Å². The van der Waals surface area contributed by atoms with E-state index in [1.54, 1.807) is 0 Å². The summed E-state index contributed by atoms with van der Waals surface area (Å²) < 4.78 is 0. The van der Waals surface area contributed by atoms with E-state index in [9.17, 15) is 9.90 Å². The molecule has 4 atom stereocenters. The fraction of sp³-hybridized carbons (Fsp3) is 0.607. The number of benzene rings is 1. The van der Waals surface area contributed by atoms with E-state index in [4.69, 9.17) is 0 Å². The Morgan fingerprint density at radius 3 is 2.91 bits per heavy atom. The molecule has 0 spiro atoms. The van der Waals surface area contributed by atoms with E-state index in [-0.39, 0.29) is 12.0 Å². The van der Waals surface area contributed by atoms with Gasteiger partial charge in [-0.3, -0.25) is 4.79 Å². The summed E-state index contributed by atoms with van der Waals surface area (Å²) in [6, 6.07) is 8.74. The zero-order valence-electron chi connectivity index (χ0n) is 19.5. The number of amides is 1. The van der Waals surface area contributed by atoms with Gasteiger partial charge in [0.05, 0.1) is 6.10 Å². The molecule has 1 aromatic carbocycles. The molecular weight excluding hydrogens is 414 g/mol. The molecule has 1 aliphatic heterocycles. The fourth-order valence-corrected chi connectivity index (χ4v) is 6.69. The number of aliphatic hydroxyl groups is 1. The Morgan fingerprint density at radius 2 is 2.09 bits per heavy atom. The fourth-order valence-electron chi connectivity index (χ4n) is 5.75. The third-order valence-corrected chi connectivity index (χ3v) is 8.51. The second-order valence-corrected chi connectivity index (χ2v) is 11.0. The van der Waals surface area contributed by atoms with Gasteiger partial charge in [0.2, 0.25) is 5.91 Å². The van der Waals surface area contributed by atoms with Crippen LogP contribution >= 0.6 is 11.8 Å². The van der Waals surface area contributed by atoms with E-state index in [0.29, 0.717) is 24.2 Å². The van der Waals surface area contributed by atoms with E-state index >= 15 is 0 Å². The van der Waals surface area contributed by atoms with Crippen molar-refractivity contribution >= 4 is 17.7 Å². The zero-order valence-corrected chi connectivity index (χ0v) is 20.4. The second kappa shape index (κ2) is 11.6. The third kappa shape index (κ3) is 6.29. The first kappa shape index (κ1) is 23.6. The minimum atomic E-state index is -0.201.